The van der Waals surface area contributed by atoms with Gasteiger partial charge in [-0.3, -0.25) is 44.4 Å². The Bertz CT molecular complexity index is 2770. The van der Waals surface area contributed by atoms with Crippen molar-refractivity contribution in [2.45, 2.75) is 114 Å². The van der Waals surface area contributed by atoms with E-state index in [0.717, 1.165) is 72.4 Å². The minimum Gasteiger partial charge on any atom is -0.380 e. The third-order valence-electron chi connectivity index (χ3n) is 15.2. The van der Waals surface area contributed by atoms with Crippen LogP contribution in [-0.4, -0.2) is 84.8 Å². The summed E-state index contributed by atoms with van der Waals surface area (Å²) in [5.74, 6) is -1.29. The molecule has 4 N–H and O–H groups in total. The molecule has 6 atom stereocenters. The van der Waals surface area contributed by atoms with Crippen LogP contribution in [0.3, 0.4) is 0 Å². The molecule has 3 saturated heterocycles. The van der Waals surface area contributed by atoms with Crippen LogP contribution in [0.1, 0.15) is 97.8 Å². The predicted octanol–water partition coefficient (Wildman–Crippen LogP) is 6.67. The van der Waals surface area contributed by atoms with Gasteiger partial charge in [0.2, 0.25) is 23.6 Å². The minimum absolute atomic E-state index is 0.181. The summed E-state index contributed by atoms with van der Waals surface area (Å²) in [6.45, 7) is 5.73. The van der Waals surface area contributed by atoms with Crippen molar-refractivity contribution in [3.63, 3.8) is 0 Å². The number of imide groups is 2. The van der Waals surface area contributed by atoms with E-state index in [-0.39, 0.29) is 48.2 Å². The van der Waals surface area contributed by atoms with Crippen LogP contribution in [0.5, 0.6) is 0 Å². The highest BCUT2D eigenvalue weighted by atomic mass is 16.2. The van der Waals surface area contributed by atoms with Crippen molar-refractivity contribution in [3.8, 4) is 0 Å². The van der Waals surface area contributed by atoms with E-state index in [9.17, 15) is 24.0 Å². The Morgan fingerprint density at radius 2 is 1.43 bits per heavy atom. The summed E-state index contributed by atoms with van der Waals surface area (Å²) in [5.41, 5.74) is 8.39. The molecule has 1 saturated carbocycles. The van der Waals surface area contributed by atoms with Crippen molar-refractivity contribution in [1.29, 1.82) is 0 Å². The summed E-state index contributed by atoms with van der Waals surface area (Å²) >= 11 is 0. The van der Waals surface area contributed by atoms with Gasteiger partial charge in [-0.2, -0.15) is 0 Å². The number of hydrogen-bond donors (Lipinski definition) is 4. The first-order chi connectivity index (χ1) is 31.6. The smallest absolute Gasteiger partial charge is 0.259 e. The molecule has 0 bridgehead atoms. The van der Waals surface area contributed by atoms with Gasteiger partial charge in [0.1, 0.15) is 12.1 Å². The summed E-state index contributed by atoms with van der Waals surface area (Å²) < 4.78 is 0. The van der Waals surface area contributed by atoms with Crippen LogP contribution in [0.25, 0.3) is 21.5 Å². The van der Waals surface area contributed by atoms with E-state index in [0.29, 0.717) is 43.5 Å². The van der Waals surface area contributed by atoms with Gasteiger partial charge >= 0.3 is 0 Å². The zero-order chi connectivity index (χ0) is 44.5. The molecule has 0 radical (unpaired) electrons. The number of rotatable bonds is 11. The summed E-state index contributed by atoms with van der Waals surface area (Å²) in [4.78, 5) is 71.8. The van der Waals surface area contributed by atoms with E-state index in [2.05, 4.69) is 111 Å². The standard InChI is InChI=1S/C52H56N8O5/c1-30(53-39-9-3-4-10-40(39)54-38-19-17-33-28-59(42-11-5-7-35(38)48(33)42)44-21-23-46(61)55-50(44)63)32-15-13-31(14-16-32)27-58-26-25-34(29-58)57(2)41-20-18-37-49-36(41)8-6-12-43(49)60(52(37)65)45-22-24-47(62)56-51(45)64/h5-8,11-20,30,34,39-40,44-45,53-54H,3-4,9-10,21-29H2,1-2H3,(H,55,61,63)(H,56,62,64)/t30?,34?,39-,40-,44?,45?/m0/s1. The topological polar surface area (TPSA) is 146 Å². The summed E-state index contributed by atoms with van der Waals surface area (Å²) in [5, 5.41) is 17.2. The SMILES string of the molecule is CC(N[C@H]1CCCC[C@@H]1Nc1ccc2c3c(cccc13)N(C1CCC(=O)NC1=O)C2)c1ccc(CN2CCC(N(C)c3ccc4c5c(cccc35)N(C3CCC(=O)NC3=O)C4=O)C2)cc1. The zero-order valence-corrected chi connectivity index (χ0v) is 37.1. The molecule has 334 valence electrons. The Balaban J connectivity index is 0.725. The second kappa shape index (κ2) is 16.6. The number of nitrogens with zero attached hydrogens (tertiary/aromatic N) is 4. The number of hydrogen-bond acceptors (Lipinski definition) is 10. The van der Waals surface area contributed by atoms with E-state index < -0.39 is 11.9 Å². The molecule has 4 fully saturated rings. The number of piperidine rings is 2. The highest BCUT2D eigenvalue weighted by molar-refractivity contribution is 6.28. The van der Waals surface area contributed by atoms with Gasteiger partial charge in [0.25, 0.3) is 5.91 Å². The fourth-order valence-corrected chi connectivity index (χ4v) is 11.8. The van der Waals surface area contributed by atoms with Crippen LogP contribution in [0.2, 0.25) is 0 Å². The van der Waals surface area contributed by atoms with Gasteiger partial charge in [0.05, 0.1) is 11.3 Å². The largest absolute Gasteiger partial charge is 0.380 e. The molecule has 0 aromatic heterocycles. The predicted molar refractivity (Wildman–Crippen MR) is 253 cm³/mol. The second-order valence-corrected chi connectivity index (χ2v) is 19.1. The van der Waals surface area contributed by atoms with Crippen molar-refractivity contribution in [1.82, 2.24) is 20.9 Å². The van der Waals surface area contributed by atoms with Crippen molar-refractivity contribution >= 4 is 73.8 Å². The van der Waals surface area contributed by atoms with Crippen LogP contribution < -0.4 is 36.0 Å². The summed E-state index contributed by atoms with van der Waals surface area (Å²) in [7, 11) is 2.15. The van der Waals surface area contributed by atoms with Gasteiger partial charge in [0, 0.05) is 109 Å². The molecular weight excluding hydrogens is 817 g/mol. The van der Waals surface area contributed by atoms with Crippen molar-refractivity contribution in [3.05, 3.63) is 107 Å². The van der Waals surface area contributed by atoms with Crippen LogP contribution in [0.15, 0.2) is 84.9 Å². The number of carbonyl (C=O) groups is 5. The van der Waals surface area contributed by atoms with Gasteiger partial charge in [0.15, 0.2) is 0 Å². The minimum atomic E-state index is -0.702. The number of carbonyl (C=O) groups excluding carboxylic acids is 5. The molecule has 5 amide bonds. The number of nitrogens with one attached hydrogen (secondary N) is 4. The number of likely N-dealkylation sites (N-methyl/N-ethyl adjacent to an activating group) is 1. The van der Waals surface area contributed by atoms with Crippen molar-refractivity contribution < 1.29 is 24.0 Å². The summed E-state index contributed by atoms with van der Waals surface area (Å²) in [6.07, 6.45) is 7.04. The highest BCUT2D eigenvalue weighted by Crippen LogP contribution is 2.45. The molecule has 13 nitrogen and oxygen atoms in total. The maximum Gasteiger partial charge on any atom is 0.259 e. The van der Waals surface area contributed by atoms with E-state index >= 15 is 0 Å². The number of anilines is 4. The molecule has 65 heavy (non-hydrogen) atoms. The molecule has 0 spiro atoms. The van der Waals surface area contributed by atoms with Gasteiger partial charge in [-0.25, -0.2) is 0 Å². The van der Waals surface area contributed by atoms with E-state index in [1.807, 2.05) is 24.3 Å². The molecule has 1 aliphatic carbocycles. The maximum absolute atomic E-state index is 13.7. The number of benzene rings is 5. The first kappa shape index (κ1) is 41.4. The average Bonchev–Trinajstić information content (AvgIpc) is 4.01. The van der Waals surface area contributed by atoms with E-state index in [4.69, 9.17) is 0 Å². The van der Waals surface area contributed by atoms with Gasteiger partial charge in [-0.15, -0.1) is 0 Å². The molecule has 5 aromatic carbocycles. The fraction of sp³-hybridized carbons (Fsp3) is 0.404. The van der Waals surface area contributed by atoms with E-state index in [1.54, 1.807) is 4.90 Å². The molecule has 6 aliphatic rings. The Labute approximate surface area is 378 Å². The number of amides is 5. The molecule has 13 heteroatoms. The van der Waals surface area contributed by atoms with Crippen LogP contribution in [-0.2, 0) is 32.3 Å². The molecule has 11 rings (SSSR count). The number of likely N-dealkylation sites (tertiary alicyclic amines) is 1. The van der Waals surface area contributed by atoms with Crippen LogP contribution >= 0.6 is 0 Å². The average molecular weight is 873 g/mol. The molecule has 5 aliphatic heterocycles. The van der Waals surface area contributed by atoms with Crippen LogP contribution in [0, 0.1) is 0 Å². The maximum atomic E-state index is 13.7. The fourth-order valence-electron chi connectivity index (χ4n) is 11.8. The zero-order valence-electron chi connectivity index (χ0n) is 37.1. The Morgan fingerprint density at radius 3 is 2.18 bits per heavy atom. The van der Waals surface area contributed by atoms with Crippen molar-refractivity contribution in [2.75, 3.05) is 40.2 Å². The highest BCUT2D eigenvalue weighted by Gasteiger charge is 2.42. The normalized spacial score (nSPS) is 24.8. The first-order valence-corrected chi connectivity index (χ1v) is 23.5. The summed E-state index contributed by atoms with van der Waals surface area (Å²) in [6, 6.07) is 29.8. The third-order valence-corrected chi connectivity index (χ3v) is 15.2. The van der Waals surface area contributed by atoms with Gasteiger partial charge in [-0.1, -0.05) is 67.4 Å². The Hall–Kier alpha value is -6.31. The lowest BCUT2D eigenvalue weighted by atomic mass is 9.88. The van der Waals surface area contributed by atoms with E-state index in [1.165, 1.54) is 40.3 Å². The Kier molecular flexibility index (Phi) is 10.6. The first-order valence-electron chi connectivity index (χ1n) is 23.5. The monoisotopic (exact) mass is 872 g/mol. The quantitative estimate of drug-likeness (QED) is 0.106. The molecule has 5 aromatic rings. The molecule has 5 heterocycles. The molecule has 4 unspecified atom stereocenters. The van der Waals surface area contributed by atoms with Gasteiger partial charge < -0.3 is 20.4 Å². The lowest BCUT2D eigenvalue weighted by molar-refractivity contribution is -0.135. The third kappa shape index (κ3) is 7.38. The van der Waals surface area contributed by atoms with Crippen molar-refractivity contribution in [2.24, 2.45) is 0 Å². The van der Waals surface area contributed by atoms with Gasteiger partial charge in [-0.05, 0) is 86.1 Å². The van der Waals surface area contributed by atoms with Crippen LogP contribution in [0.4, 0.5) is 22.7 Å². The lowest BCUT2D eigenvalue weighted by Gasteiger charge is -2.36. The molecular formula is C52H56N8O5. The lowest BCUT2D eigenvalue weighted by Crippen LogP contribution is -2.53. The second-order valence-electron chi connectivity index (χ2n) is 19.1. The Morgan fingerprint density at radius 1 is 0.723 bits per heavy atom.